The van der Waals surface area contributed by atoms with E-state index >= 15 is 0 Å². The zero-order chi connectivity index (χ0) is 56.1. The van der Waals surface area contributed by atoms with Crippen LogP contribution in [-0.4, -0.2) is 13.7 Å². The van der Waals surface area contributed by atoms with Crippen molar-refractivity contribution >= 4 is 82.5 Å². The Balaban J connectivity index is 0.897. The predicted octanol–water partition coefficient (Wildman–Crippen LogP) is 23.1. The molecule has 0 aliphatic rings. The molecule has 0 radical (unpaired) electrons. The van der Waals surface area contributed by atoms with Crippen molar-refractivity contribution in [1.82, 2.24) is 13.7 Å². The van der Waals surface area contributed by atoms with Gasteiger partial charge in [0.2, 0.25) is 0 Å². The molecule has 0 fully saturated rings. The fourth-order valence-corrected chi connectivity index (χ4v) is 13.7. The van der Waals surface area contributed by atoms with E-state index in [2.05, 4.69) is 260 Å². The van der Waals surface area contributed by atoms with E-state index in [0.717, 1.165) is 36.7 Å². The number of benzene rings is 9. The van der Waals surface area contributed by atoms with Crippen molar-refractivity contribution in [2.24, 2.45) is 17.8 Å². The number of hydrogen-bond donors (Lipinski definition) is 0. The molecular weight excluding hydrogens is 993 g/mol. The van der Waals surface area contributed by atoms with Gasteiger partial charge in [-0.1, -0.05) is 209 Å². The first-order chi connectivity index (χ1) is 40.4. The molecule has 0 aliphatic heterocycles. The van der Waals surface area contributed by atoms with Crippen molar-refractivity contribution in [3.63, 3.8) is 0 Å². The molecule has 416 valence electrons. The van der Waals surface area contributed by atoms with Gasteiger partial charge < -0.3 is 18.6 Å². The summed E-state index contributed by atoms with van der Waals surface area (Å²) in [7, 11) is 0. The molecule has 3 unspecified atom stereocenters. The van der Waals surface area contributed by atoms with Crippen LogP contribution in [0.2, 0.25) is 0 Å². The molecule has 0 saturated carbocycles. The number of rotatable bonds is 24. The van der Waals surface area contributed by atoms with E-state index < -0.39 is 0 Å². The minimum Gasteiger partial charge on any atom is -0.340 e. The maximum Gasteiger partial charge on any atom is 0.0491 e. The second-order valence-electron chi connectivity index (χ2n) is 23.8. The van der Waals surface area contributed by atoms with Crippen LogP contribution in [0.15, 0.2) is 200 Å². The van der Waals surface area contributed by atoms with E-state index in [1.807, 2.05) is 0 Å². The van der Waals surface area contributed by atoms with Crippen molar-refractivity contribution in [1.29, 1.82) is 0 Å². The Labute approximate surface area is 488 Å². The van der Waals surface area contributed by atoms with Gasteiger partial charge in [-0.3, -0.25) is 0 Å². The second kappa shape index (κ2) is 24.7. The molecule has 0 spiro atoms. The van der Waals surface area contributed by atoms with Crippen LogP contribution in [0.25, 0.3) is 98.8 Å². The molecule has 3 atom stereocenters. The van der Waals surface area contributed by atoms with E-state index in [1.54, 1.807) is 0 Å². The molecule has 4 nitrogen and oxygen atoms in total. The highest BCUT2D eigenvalue weighted by atomic mass is 15.1. The number of aromatic nitrogens is 3. The van der Waals surface area contributed by atoms with E-state index in [-0.39, 0.29) is 0 Å². The molecule has 0 bridgehead atoms. The molecule has 9 aromatic carbocycles. The van der Waals surface area contributed by atoms with Gasteiger partial charge in [0.1, 0.15) is 0 Å². The molecular formula is C78H84N4. The minimum absolute atomic E-state index is 0.672. The number of hydrogen-bond acceptors (Lipinski definition) is 1. The average Bonchev–Trinajstić information content (AvgIpc) is 4.36. The van der Waals surface area contributed by atoms with Gasteiger partial charge in [0.25, 0.3) is 0 Å². The third kappa shape index (κ3) is 10.8. The van der Waals surface area contributed by atoms with Gasteiger partial charge in [-0.15, -0.1) is 0 Å². The fraction of sp³-hybridized carbons (Fsp3) is 0.308. The Hall–Kier alpha value is -7.82. The largest absolute Gasteiger partial charge is 0.340 e. The smallest absolute Gasteiger partial charge is 0.0491 e. The van der Waals surface area contributed by atoms with Crippen LogP contribution in [-0.2, 0) is 19.6 Å². The van der Waals surface area contributed by atoms with Crippen molar-refractivity contribution in [2.45, 2.75) is 138 Å². The lowest BCUT2D eigenvalue weighted by atomic mass is 9.99. The topological polar surface area (TPSA) is 18.0 Å². The standard InChI is InChI=1S/C78H84N4/c1-7-13-22-55(10-4)52-79-73-28-19-16-25-67(73)70-49-61(37-46-76(70)79)58-31-40-64(41-32-58)82(65-42-33-59(34-43-65)62-38-47-77-71(50-62)68-26-17-20-29-74(68)80(77)53-56(11-5)23-14-8-2)66-44-35-60(36-45-66)63-39-48-78-72(51-63)69-27-18-21-30-75(69)81(78)54-57(12-6)24-15-9-3/h16-21,25-51,55-57H,7-15,22-24,52-54H2,1-6H3. The third-order valence-corrected chi connectivity index (χ3v) is 18.6. The van der Waals surface area contributed by atoms with Crippen LogP contribution in [0, 0.1) is 17.8 Å². The highest BCUT2D eigenvalue weighted by Crippen LogP contribution is 2.42. The van der Waals surface area contributed by atoms with E-state index in [4.69, 9.17) is 0 Å². The summed E-state index contributed by atoms with van der Waals surface area (Å²) in [5.74, 6) is 2.02. The SMILES string of the molecule is CCCCC(CC)Cn1c2ccccc2c2cc(-c3ccc(N(c4ccc(-c5ccc6c(c5)c5ccccc5n6CC(CC)CCCC)cc4)c4ccc(-c5ccc6c(c5)c5ccccc5n6CC(CC)CCCC)cc4)cc3)ccc21. The molecule has 0 saturated heterocycles. The molecule has 0 N–H and O–H groups in total. The Morgan fingerprint density at radius 1 is 0.280 bits per heavy atom. The average molecular weight is 1080 g/mol. The van der Waals surface area contributed by atoms with E-state index in [0.29, 0.717) is 17.8 Å². The summed E-state index contributed by atoms with van der Waals surface area (Å²) < 4.78 is 7.79. The normalized spacial score (nSPS) is 13.1. The summed E-state index contributed by atoms with van der Waals surface area (Å²) in [5.41, 5.74) is 18.7. The first-order valence-corrected chi connectivity index (χ1v) is 31.5. The summed E-state index contributed by atoms with van der Waals surface area (Å²) >= 11 is 0. The van der Waals surface area contributed by atoms with Crippen LogP contribution in [0.4, 0.5) is 17.1 Å². The van der Waals surface area contributed by atoms with Crippen molar-refractivity contribution in [2.75, 3.05) is 4.90 Å². The summed E-state index contributed by atoms with van der Waals surface area (Å²) in [6.07, 6.45) is 15.0. The van der Waals surface area contributed by atoms with Gasteiger partial charge in [-0.25, -0.2) is 0 Å². The van der Waals surface area contributed by atoms with Gasteiger partial charge in [0.05, 0.1) is 0 Å². The zero-order valence-electron chi connectivity index (χ0n) is 49.7. The van der Waals surface area contributed by atoms with Crippen LogP contribution >= 0.6 is 0 Å². The molecule has 12 aromatic rings. The highest BCUT2D eigenvalue weighted by Gasteiger charge is 2.21. The summed E-state index contributed by atoms with van der Waals surface area (Å²) in [6.45, 7) is 17.2. The number of fused-ring (bicyclic) bond motifs is 9. The summed E-state index contributed by atoms with van der Waals surface area (Å²) in [6, 6.07) is 76.3. The predicted molar refractivity (Wildman–Crippen MR) is 356 cm³/mol. The molecule has 3 aromatic heterocycles. The van der Waals surface area contributed by atoms with E-state index in [1.165, 1.54) is 176 Å². The monoisotopic (exact) mass is 1080 g/mol. The van der Waals surface area contributed by atoms with Crippen LogP contribution in [0.3, 0.4) is 0 Å². The second-order valence-corrected chi connectivity index (χ2v) is 23.8. The summed E-state index contributed by atoms with van der Waals surface area (Å²) in [4.78, 5) is 2.43. The Bertz CT molecular complexity index is 3680. The lowest BCUT2D eigenvalue weighted by Crippen LogP contribution is -2.10. The van der Waals surface area contributed by atoms with Crippen LogP contribution in [0.5, 0.6) is 0 Å². The van der Waals surface area contributed by atoms with Crippen molar-refractivity contribution in [3.05, 3.63) is 200 Å². The van der Waals surface area contributed by atoms with Gasteiger partial charge in [0.15, 0.2) is 0 Å². The number of anilines is 3. The van der Waals surface area contributed by atoms with Gasteiger partial charge >= 0.3 is 0 Å². The Kier molecular flexibility index (Phi) is 16.5. The molecule has 0 amide bonds. The number of nitrogens with zero attached hydrogens (tertiary/aromatic N) is 4. The first kappa shape index (κ1) is 54.8. The van der Waals surface area contributed by atoms with Gasteiger partial charge in [-0.05, 0) is 161 Å². The lowest BCUT2D eigenvalue weighted by Gasteiger charge is -2.26. The molecule has 12 rings (SSSR count). The lowest BCUT2D eigenvalue weighted by molar-refractivity contribution is 0.401. The van der Waals surface area contributed by atoms with Crippen molar-refractivity contribution < 1.29 is 0 Å². The van der Waals surface area contributed by atoms with Gasteiger partial charge in [0, 0.05) is 102 Å². The number of unbranched alkanes of at least 4 members (excludes halogenated alkanes) is 3. The Morgan fingerprint density at radius 3 is 0.805 bits per heavy atom. The highest BCUT2D eigenvalue weighted by molar-refractivity contribution is 6.11. The molecule has 0 aliphatic carbocycles. The van der Waals surface area contributed by atoms with E-state index in [9.17, 15) is 0 Å². The summed E-state index contributed by atoms with van der Waals surface area (Å²) in [5, 5.41) is 8.01. The van der Waals surface area contributed by atoms with Gasteiger partial charge in [-0.2, -0.15) is 0 Å². The van der Waals surface area contributed by atoms with Crippen LogP contribution < -0.4 is 4.90 Å². The van der Waals surface area contributed by atoms with Crippen LogP contribution in [0.1, 0.15) is 119 Å². The number of para-hydroxylation sites is 3. The molecule has 82 heavy (non-hydrogen) atoms. The zero-order valence-corrected chi connectivity index (χ0v) is 49.7. The minimum atomic E-state index is 0.672. The first-order valence-electron chi connectivity index (χ1n) is 31.5. The molecule has 3 heterocycles. The van der Waals surface area contributed by atoms with Crippen molar-refractivity contribution in [3.8, 4) is 33.4 Å². The quantitative estimate of drug-likeness (QED) is 0.0590. The third-order valence-electron chi connectivity index (χ3n) is 18.6. The molecule has 4 heteroatoms. The maximum absolute atomic E-state index is 2.60. The maximum atomic E-state index is 2.60. The fourth-order valence-electron chi connectivity index (χ4n) is 13.7. The Morgan fingerprint density at radius 2 is 0.537 bits per heavy atom.